The maximum absolute atomic E-state index is 12.7. The van der Waals surface area contributed by atoms with Crippen LogP contribution in [0.3, 0.4) is 0 Å². The third kappa shape index (κ3) is 3.58. The lowest BCUT2D eigenvalue weighted by Crippen LogP contribution is -2.25. The minimum atomic E-state index is -4.33. The molecule has 0 amide bonds. The second-order valence-corrected chi connectivity index (χ2v) is 6.67. The number of ether oxygens (including phenoxy) is 2. The number of alkyl halides is 3. The molecule has 0 aromatic heterocycles. The van der Waals surface area contributed by atoms with E-state index in [-0.39, 0.29) is 12.5 Å². The topological polar surface area (TPSA) is 41.9 Å². The van der Waals surface area contributed by atoms with E-state index < -0.39 is 11.7 Å². The summed E-state index contributed by atoms with van der Waals surface area (Å²) in [6, 6.07) is 8.93. The molecule has 0 bridgehead atoms. The predicted molar refractivity (Wildman–Crippen MR) is 87.9 cm³/mol. The highest BCUT2D eigenvalue weighted by Crippen LogP contribution is 2.39. The van der Waals surface area contributed by atoms with Crippen molar-refractivity contribution in [2.75, 3.05) is 6.79 Å². The van der Waals surface area contributed by atoms with Crippen LogP contribution in [0, 0.1) is 0 Å². The fourth-order valence-electron chi connectivity index (χ4n) is 3.11. The smallest absolute Gasteiger partial charge is 0.416 e. The molecule has 1 saturated carbocycles. The van der Waals surface area contributed by atoms with Gasteiger partial charge in [-0.3, -0.25) is 4.90 Å². The average Bonchev–Trinajstić information content (AvgIpc) is 3.34. The fourth-order valence-corrected chi connectivity index (χ4v) is 3.11. The molecule has 1 N–H and O–H groups in total. The molecule has 0 radical (unpaired) electrons. The number of halogens is 3. The van der Waals surface area contributed by atoms with Crippen LogP contribution in [0.25, 0.3) is 0 Å². The van der Waals surface area contributed by atoms with Crippen LogP contribution in [-0.2, 0) is 19.3 Å². The van der Waals surface area contributed by atoms with Gasteiger partial charge in [0, 0.05) is 30.8 Å². The number of phenols is 1. The molecular formula is C19H18F3NO3. The van der Waals surface area contributed by atoms with Crippen molar-refractivity contribution in [1.29, 1.82) is 0 Å². The standard InChI is InChI=1S/C19H18F3NO3/c20-19(21,22)14-3-1-12(2-4-14)9-23(15-5-6-15)10-13-7-17-18(8-16(13)24)26-11-25-17/h1-4,7-8,15,24H,5-6,9-11H2. The van der Waals surface area contributed by atoms with Gasteiger partial charge >= 0.3 is 6.18 Å². The molecule has 0 unspecified atom stereocenters. The first-order valence-electron chi connectivity index (χ1n) is 8.42. The maximum Gasteiger partial charge on any atom is 0.416 e. The van der Waals surface area contributed by atoms with Crippen LogP contribution in [0.2, 0.25) is 0 Å². The minimum absolute atomic E-state index is 0.132. The Morgan fingerprint density at radius 1 is 1.00 bits per heavy atom. The summed E-state index contributed by atoms with van der Waals surface area (Å²) in [7, 11) is 0. The highest BCUT2D eigenvalue weighted by atomic mass is 19.4. The number of hydrogen-bond acceptors (Lipinski definition) is 4. The molecule has 138 valence electrons. The van der Waals surface area contributed by atoms with E-state index in [1.165, 1.54) is 12.1 Å². The van der Waals surface area contributed by atoms with E-state index in [1.54, 1.807) is 12.1 Å². The number of hydrogen-bond donors (Lipinski definition) is 1. The number of phenolic OH excluding ortho intramolecular Hbond substituents is 1. The monoisotopic (exact) mass is 365 g/mol. The van der Waals surface area contributed by atoms with Gasteiger partial charge in [-0.25, -0.2) is 0 Å². The van der Waals surface area contributed by atoms with E-state index >= 15 is 0 Å². The zero-order chi connectivity index (χ0) is 18.3. The van der Waals surface area contributed by atoms with Crippen LogP contribution in [0.1, 0.15) is 29.5 Å². The van der Waals surface area contributed by atoms with Gasteiger partial charge in [-0.1, -0.05) is 12.1 Å². The Bertz CT molecular complexity index is 801. The molecule has 0 saturated heterocycles. The van der Waals surface area contributed by atoms with Gasteiger partial charge in [0.25, 0.3) is 0 Å². The van der Waals surface area contributed by atoms with Crippen molar-refractivity contribution in [3.05, 3.63) is 53.1 Å². The third-order valence-electron chi connectivity index (χ3n) is 4.68. The Hall–Kier alpha value is -2.41. The number of fused-ring (bicyclic) bond motifs is 1. The van der Waals surface area contributed by atoms with Crippen LogP contribution in [-0.4, -0.2) is 22.8 Å². The second kappa shape index (κ2) is 6.39. The van der Waals surface area contributed by atoms with Crippen molar-refractivity contribution in [3.63, 3.8) is 0 Å². The summed E-state index contributed by atoms with van der Waals surface area (Å²) >= 11 is 0. The zero-order valence-corrected chi connectivity index (χ0v) is 13.9. The van der Waals surface area contributed by atoms with E-state index in [0.717, 1.165) is 30.5 Å². The molecule has 4 nitrogen and oxygen atoms in total. The maximum atomic E-state index is 12.7. The average molecular weight is 365 g/mol. The van der Waals surface area contributed by atoms with Gasteiger partial charge in [0.15, 0.2) is 11.5 Å². The van der Waals surface area contributed by atoms with Crippen molar-refractivity contribution < 1.29 is 27.8 Å². The molecule has 2 aliphatic rings. The van der Waals surface area contributed by atoms with E-state index in [0.29, 0.717) is 36.2 Å². The van der Waals surface area contributed by atoms with Crippen LogP contribution in [0.5, 0.6) is 17.2 Å². The summed E-state index contributed by atoms with van der Waals surface area (Å²) < 4.78 is 48.7. The second-order valence-electron chi connectivity index (χ2n) is 6.67. The van der Waals surface area contributed by atoms with E-state index in [2.05, 4.69) is 4.90 Å². The lowest BCUT2D eigenvalue weighted by Gasteiger charge is -2.23. The molecule has 2 aromatic carbocycles. The SMILES string of the molecule is Oc1cc2c(cc1CN(Cc1ccc(C(F)(F)F)cc1)C1CC1)OCO2. The van der Waals surface area contributed by atoms with Crippen molar-refractivity contribution in [2.45, 2.75) is 38.1 Å². The normalized spacial score (nSPS) is 16.3. The van der Waals surface area contributed by atoms with Crippen molar-refractivity contribution in [1.82, 2.24) is 4.90 Å². The zero-order valence-electron chi connectivity index (χ0n) is 13.9. The van der Waals surface area contributed by atoms with Crippen molar-refractivity contribution >= 4 is 0 Å². The van der Waals surface area contributed by atoms with Crippen LogP contribution in [0.15, 0.2) is 36.4 Å². The third-order valence-corrected chi connectivity index (χ3v) is 4.68. The summed E-state index contributed by atoms with van der Waals surface area (Å²) in [5.74, 6) is 1.25. The van der Waals surface area contributed by atoms with Crippen molar-refractivity contribution in [3.8, 4) is 17.2 Å². The Labute approximate surface area is 148 Å². The number of rotatable bonds is 5. The van der Waals surface area contributed by atoms with Crippen LogP contribution in [0.4, 0.5) is 13.2 Å². The lowest BCUT2D eigenvalue weighted by molar-refractivity contribution is -0.137. The van der Waals surface area contributed by atoms with Gasteiger partial charge in [0.1, 0.15) is 5.75 Å². The Morgan fingerprint density at radius 2 is 1.65 bits per heavy atom. The van der Waals surface area contributed by atoms with Gasteiger partial charge in [0.2, 0.25) is 6.79 Å². The van der Waals surface area contributed by atoms with E-state index in [1.807, 2.05) is 0 Å². The molecule has 1 heterocycles. The first kappa shape index (κ1) is 17.0. The molecule has 0 atom stereocenters. The first-order chi connectivity index (χ1) is 12.4. The molecule has 2 aromatic rings. The van der Waals surface area contributed by atoms with Gasteiger partial charge in [-0.15, -0.1) is 0 Å². The largest absolute Gasteiger partial charge is 0.507 e. The molecule has 1 fully saturated rings. The lowest BCUT2D eigenvalue weighted by atomic mass is 10.1. The molecule has 1 aliphatic carbocycles. The summed E-state index contributed by atoms with van der Waals surface area (Å²) in [5.41, 5.74) is 0.880. The van der Waals surface area contributed by atoms with Gasteiger partial charge in [-0.05, 0) is 36.6 Å². The summed E-state index contributed by atoms with van der Waals surface area (Å²) in [6.45, 7) is 1.15. The van der Waals surface area contributed by atoms with Crippen LogP contribution >= 0.6 is 0 Å². The molecule has 4 rings (SSSR count). The number of nitrogens with zero attached hydrogens (tertiary/aromatic N) is 1. The van der Waals surface area contributed by atoms with Gasteiger partial charge < -0.3 is 14.6 Å². The highest BCUT2D eigenvalue weighted by molar-refractivity contribution is 5.51. The first-order valence-corrected chi connectivity index (χ1v) is 8.42. The molecule has 7 heteroatoms. The van der Waals surface area contributed by atoms with E-state index in [4.69, 9.17) is 9.47 Å². The number of benzene rings is 2. The van der Waals surface area contributed by atoms with Crippen LogP contribution < -0.4 is 9.47 Å². The molecule has 1 aliphatic heterocycles. The summed E-state index contributed by atoms with van der Waals surface area (Å²) in [4.78, 5) is 2.17. The minimum Gasteiger partial charge on any atom is -0.507 e. The fraction of sp³-hybridized carbons (Fsp3) is 0.368. The molecule has 26 heavy (non-hydrogen) atoms. The summed E-state index contributed by atoms with van der Waals surface area (Å²) in [5, 5.41) is 10.2. The Morgan fingerprint density at radius 3 is 2.27 bits per heavy atom. The molecule has 0 spiro atoms. The Kier molecular flexibility index (Phi) is 4.19. The predicted octanol–water partition coefficient (Wildman–Crippen LogP) is 4.30. The molecular weight excluding hydrogens is 347 g/mol. The Balaban J connectivity index is 1.50. The van der Waals surface area contributed by atoms with Crippen molar-refractivity contribution in [2.24, 2.45) is 0 Å². The van der Waals surface area contributed by atoms with Gasteiger partial charge in [-0.2, -0.15) is 13.2 Å². The summed E-state index contributed by atoms with van der Waals surface area (Å²) in [6.07, 6.45) is -2.23. The van der Waals surface area contributed by atoms with E-state index in [9.17, 15) is 18.3 Å². The quantitative estimate of drug-likeness (QED) is 0.858. The highest BCUT2D eigenvalue weighted by Gasteiger charge is 2.32. The number of aromatic hydroxyl groups is 1. The van der Waals surface area contributed by atoms with Gasteiger partial charge in [0.05, 0.1) is 5.56 Å².